The molecular weight excluding hydrogens is 413 g/mol. The molecule has 8 nitrogen and oxygen atoms in total. The van der Waals surface area contributed by atoms with Crippen LogP contribution in [0.5, 0.6) is 0 Å². The summed E-state index contributed by atoms with van der Waals surface area (Å²) >= 11 is 0. The van der Waals surface area contributed by atoms with Gasteiger partial charge < -0.3 is 9.15 Å². The number of sulfonamides is 1. The van der Waals surface area contributed by atoms with Crippen LogP contribution in [0.25, 0.3) is 11.1 Å². The Morgan fingerprint density at radius 2 is 1.90 bits per heavy atom. The maximum absolute atomic E-state index is 14.2. The average molecular weight is 435 g/mol. The number of ether oxygens (including phenoxy) is 1. The first-order chi connectivity index (χ1) is 14.4. The largest absolute Gasteiger partial charge is 0.417 e. The van der Waals surface area contributed by atoms with Gasteiger partial charge >= 0.3 is 5.76 Å². The van der Waals surface area contributed by atoms with Crippen LogP contribution in [0.15, 0.2) is 56.6 Å². The van der Waals surface area contributed by atoms with E-state index in [0.717, 1.165) is 0 Å². The lowest BCUT2D eigenvalue weighted by Gasteiger charge is -2.29. The van der Waals surface area contributed by atoms with Crippen LogP contribution in [-0.4, -0.2) is 62.0 Å². The van der Waals surface area contributed by atoms with Crippen LogP contribution in [0.2, 0.25) is 0 Å². The molecular formula is C20H22FN3O5S. The molecule has 160 valence electrons. The van der Waals surface area contributed by atoms with E-state index in [1.54, 1.807) is 18.2 Å². The second kappa shape index (κ2) is 8.68. The lowest BCUT2D eigenvalue weighted by atomic mass is 10.2. The molecule has 0 saturated carbocycles. The number of hydrogen-bond donors (Lipinski definition) is 1. The number of aromatic nitrogens is 1. The van der Waals surface area contributed by atoms with Crippen molar-refractivity contribution >= 4 is 21.1 Å². The van der Waals surface area contributed by atoms with Crippen molar-refractivity contribution in [1.82, 2.24) is 14.2 Å². The Labute approximate surface area is 172 Å². The van der Waals surface area contributed by atoms with E-state index in [-0.39, 0.29) is 29.1 Å². The number of H-pyrrole nitrogens is 1. The van der Waals surface area contributed by atoms with Crippen LogP contribution >= 0.6 is 0 Å². The fourth-order valence-corrected chi connectivity index (χ4v) is 4.84. The van der Waals surface area contributed by atoms with E-state index in [9.17, 15) is 17.6 Å². The Morgan fingerprint density at radius 3 is 2.67 bits per heavy atom. The highest BCUT2D eigenvalue weighted by atomic mass is 32.2. The first-order valence-corrected chi connectivity index (χ1v) is 11.0. The molecule has 0 amide bonds. The van der Waals surface area contributed by atoms with Gasteiger partial charge in [-0.05, 0) is 18.2 Å². The number of aromatic amines is 1. The molecule has 1 aromatic heterocycles. The zero-order chi connectivity index (χ0) is 21.1. The Hall–Kier alpha value is -2.53. The first-order valence-electron chi connectivity index (χ1n) is 9.60. The third kappa shape index (κ3) is 4.46. The van der Waals surface area contributed by atoms with Crippen LogP contribution in [0.1, 0.15) is 5.56 Å². The fourth-order valence-electron chi connectivity index (χ4n) is 3.41. The van der Waals surface area contributed by atoms with Crippen molar-refractivity contribution in [2.24, 2.45) is 0 Å². The minimum Gasteiger partial charge on any atom is -0.408 e. The number of hydrogen-bond acceptors (Lipinski definition) is 6. The summed E-state index contributed by atoms with van der Waals surface area (Å²) in [4.78, 5) is 16.0. The molecule has 0 atom stereocenters. The molecule has 0 spiro atoms. The normalized spacial score (nSPS) is 15.8. The van der Waals surface area contributed by atoms with Gasteiger partial charge in [-0.1, -0.05) is 18.2 Å². The van der Waals surface area contributed by atoms with Crippen molar-refractivity contribution in [3.8, 4) is 0 Å². The number of morpholine rings is 1. The van der Waals surface area contributed by atoms with Crippen molar-refractivity contribution in [1.29, 1.82) is 0 Å². The zero-order valence-electron chi connectivity index (χ0n) is 16.2. The number of fused-ring (bicyclic) bond motifs is 1. The molecule has 2 aromatic carbocycles. The minimum atomic E-state index is -3.97. The van der Waals surface area contributed by atoms with Crippen molar-refractivity contribution in [2.75, 3.05) is 39.4 Å². The van der Waals surface area contributed by atoms with Gasteiger partial charge in [-0.2, -0.15) is 4.31 Å². The van der Waals surface area contributed by atoms with Gasteiger partial charge in [0, 0.05) is 44.4 Å². The minimum absolute atomic E-state index is 0.0175. The third-order valence-corrected chi connectivity index (χ3v) is 6.95. The van der Waals surface area contributed by atoms with E-state index in [1.165, 1.54) is 28.6 Å². The summed E-state index contributed by atoms with van der Waals surface area (Å²) in [5.41, 5.74) is 0.852. The summed E-state index contributed by atoms with van der Waals surface area (Å²) in [6, 6.07) is 10.3. The van der Waals surface area contributed by atoms with Crippen molar-refractivity contribution < 1.29 is 22.0 Å². The van der Waals surface area contributed by atoms with Crippen LogP contribution in [0.4, 0.5) is 4.39 Å². The predicted molar refractivity (Wildman–Crippen MR) is 108 cm³/mol. The summed E-state index contributed by atoms with van der Waals surface area (Å²) in [7, 11) is -3.97. The Balaban J connectivity index is 1.64. The maximum atomic E-state index is 14.2. The second-order valence-corrected chi connectivity index (χ2v) is 8.99. The van der Waals surface area contributed by atoms with Crippen LogP contribution in [-0.2, 0) is 21.3 Å². The number of nitrogens with one attached hydrogen (secondary N) is 1. The third-order valence-electron chi connectivity index (χ3n) is 5.10. The highest BCUT2D eigenvalue weighted by Gasteiger charge is 2.27. The highest BCUT2D eigenvalue weighted by molar-refractivity contribution is 7.89. The van der Waals surface area contributed by atoms with Gasteiger partial charge in [0.05, 0.1) is 23.6 Å². The van der Waals surface area contributed by atoms with Gasteiger partial charge in [0.15, 0.2) is 5.58 Å². The SMILES string of the molecule is O=c1[nH]c2ccc(S(=O)(=O)N(CCN3CCOCC3)Cc3ccccc3F)cc2o1. The van der Waals surface area contributed by atoms with Crippen LogP contribution < -0.4 is 5.76 Å². The highest BCUT2D eigenvalue weighted by Crippen LogP contribution is 2.23. The zero-order valence-corrected chi connectivity index (χ0v) is 17.0. The molecule has 1 saturated heterocycles. The summed E-state index contributed by atoms with van der Waals surface area (Å²) in [6.45, 7) is 3.22. The fraction of sp³-hybridized carbons (Fsp3) is 0.350. The van der Waals surface area contributed by atoms with Crippen molar-refractivity contribution in [3.63, 3.8) is 0 Å². The maximum Gasteiger partial charge on any atom is 0.417 e. The van der Waals surface area contributed by atoms with Gasteiger partial charge in [-0.25, -0.2) is 17.6 Å². The topological polar surface area (TPSA) is 95.8 Å². The molecule has 1 aliphatic heterocycles. The number of halogens is 1. The van der Waals surface area contributed by atoms with E-state index in [0.29, 0.717) is 38.4 Å². The molecule has 10 heteroatoms. The Morgan fingerprint density at radius 1 is 1.13 bits per heavy atom. The Kier molecular flexibility index (Phi) is 6.00. The molecule has 0 unspecified atom stereocenters. The molecule has 4 rings (SSSR count). The molecule has 1 N–H and O–H groups in total. The quantitative estimate of drug-likeness (QED) is 0.608. The van der Waals surface area contributed by atoms with Crippen molar-refractivity contribution in [2.45, 2.75) is 11.4 Å². The molecule has 1 fully saturated rings. The van der Waals surface area contributed by atoms with Gasteiger partial charge in [-0.3, -0.25) is 9.88 Å². The number of oxazole rings is 1. The second-order valence-electron chi connectivity index (χ2n) is 7.06. The van der Waals surface area contributed by atoms with E-state index < -0.39 is 21.6 Å². The Bertz CT molecular complexity index is 1180. The standard InChI is InChI=1S/C20H22FN3O5S/c21-17-4-2-1-3-15(17)14-24(8-7-23-9-11-28-12-10-23)30(26,27)16-5-6-18-19(13-16)29-20(25)22-18/h1-6,13H,7-12,14H2,(H,22,25). The predicted octanol–water partition coefficient (Wildman–Crippen LogP) is 1.78. The first kappa shape index (κ1) is 20.7. The number of benzene rings is 2. The number of nitrogens with zero attached hydrogens (tertiary/aromatic N) is 2. The molecule has 3 aromatic rings. The molecule has 0 aliphatic carbocycles. The summed E-state index contributed by atoms with van der Waals surface area (Å²) < 4.78 is 52.6. The van der Waals surface area contributed by atoms with Crippen LogP contribution in [0, 0.1) is 5.82 Å². The van der Waals surface area contributed by atoms with E-state index in [1.807, 2.05) is 0 Å². The van der Waals surface area contributed by atoms with E-state index in [2.05, 4.69) is 9.88 Å². The average Bonchev–Trinajstić information content (AvgIpc) is 3.12. The molecule has 0 radical (unpaired) electrons. The lowest BCUT2D eigenvalue weighted by molar-refractivity contribution is 0.0361. The molecule has 1 aliphatic rings. The van der Waals surface area contributed by atoms with Gasteiger partial charge in [-0.15, -0.1) is 0 Å². The van der Waals surface area contributed by atoms with Gasteiger partial charge in [0.1, 0.15) is 5.82 Å². The van der Waals surface area contributed by atoms with E-state index in [4.69, 9.17) is 9.15 Å². The van der Waals surface area contributed by atoms with Gasteiger partial charge in [0.25, 0.3) is 0 Å². The summed E-state index contributed by atoms with van der Waals surface area (Å²) in [6.07, 6.45) is 0. The van der Waals surface area contributed by atoms with Crippen molar-refractivity contribution in [3.05, 3.63) is 64.4 Å². The molecule has 2 heterocycles. The summed E-state index contributed by atoms with van der Waals surface area (Å²) in [5.74, 6) is -1.12. The number of rotatable bonds is 7. The smallest absolute Gasteiger partial charge is 0.408 e. The monoisotopic (exact) mass is 435 g/mol. The lowest BCUT2D eigenvalue weighted by Crippen LogP contribution is -2.43. The van der Waals surface area contributed by atoms with Gasteiger partial charge in [0.2, 0.25) is 10.0 Å². The molecule has 0 bridgehead atoms. The van der Waals surface area contributed by atoms with E-state index >= 15 is 0 Å². The molecule has 30 heavy (non-hydrogen) atoms. The summed E-state index contributed by atoms with van der Waals surface area (Å²) in [5, 5.41) is 0. The van der Waals surface area contributed by atoms with Crippen LogP contribution in [0.3, 0.4) is 0 Å².